The molecule has 2 amide bonds. The predicted octanol–water partition coefficient (Wildman–Crippen LogP) is 3.69. The van der Waals surface area contributed by atoms with Crippen LogP contribution in [0, 0.1) is 5.92 Å². The highest BCUT2D eigenvalue weighted by atomic mass is 19.4. The maximum atomic E-state index is 12.8. The van der Waals surface area contributed by atoms with Crippen LogP contribution in [0.4, 0.5) is 13.2 Å². The van der Waals surface area contributed by atoms with E-state index in [0.29, 0.717) is 18.0 Å². The maximum Gasteiger partial charge on any atom is 0.416 e. The van der Waals surface area contributed by atoms with E-state index in [9.17, 15) is 22.8 Å². The average molecular weight is 422 g/mol. The summed E-state index contributed by atoms with van der Waals surface area (Å²) < 4.78 is 38.4. The van der Waals surface area contributed by atoms with Gasteiger partial charge in [-0.3, -0.25) is 14.6 Å². The summed E-state index contributed by atoms with van der Waals surface area (Å²) in [6, 6.07) is 4.81. The Labute approximate surface area is 173 Å². The number of amides is 2. The number of carbonyl (C=O) groups is 2. The van der Waals surface area contributed by atoms with E-state index in [1.807, 2.05) is 13.8 Å². The Kier molecular flexibility index (Phi) is 8.32. The second-order valence-corrected chi connectivity index (χ2v) is 7.29. The van der Waals surface area contributed by atoms with E-state index in [4.69, 9.17) is 0 Å². The lowest BCUT2D eigenvalue weighted by Gasteiger charge is -2.23. The van der Waals surface area contributed by atoms with Crippen LogP contribution in [-0.2, 0) is 17.5 Å². The molecule has 1 aromatic carbocycles. The van der Waals surface area contributed by atoms with Gasteiger partial charge in [-0.25, -0.2) is 4.98 Å². The highest BCUT2D eigenvalue weighted by Gasteiger charge is 2.30. The molecule has 0 atom stereocenters. The topological polar surface area (TPSA) is 75.2 Å². The van der Waals surface area contributed by atoms with Gasteiger partial charge in [0.15, 0.2) is 0 Å². The summed E-state index contributed by atoms with van der Waals surface area (Å²) in [5.41, 5.74) is -0.209. The van der Waals surface area contributed by atoms with Crippen molar-refractivity contribution < 1.29 is 22.8 Å². The first-order chi connectivity index (χ1) is 14.2. The molecule has 0 unspecified atom stereocenters. The van der Waals surface area contributed by atoms with Gasteiger partial charge in [0.2, 0.25) is 5.91 Å². The summed E-state index contributed by atoms with van der Waals surface area (Å²) >= 11 is 0. The van der Waals surface area contributed by atoms with Gasteiger partial charge in [0, 0.05) is 38.4 Å². The minimum Gasteiger partial charge on any atom is -0.352 e. The van der Waals surface area contributed by atoms with E-state index < -0.39 is 11.7 Å². The van der Waals surface area contributed by atoms with Crippen LogP contribution in [0.1, 0.15) is 48.3 Å². The number of carbonyl (C=O) groups excluding carboxylic acids is 2. The second kappa shape index (κ2) is 10.7. The molecule has 2 rings (SSSR count). The van der Waals surface area contributed by atoms with Gasteiger partial charge in [-0.15, -0.1) is 0 Å². The van der Waals surface area contributed by atoms with Crippen molar-refractivity contribution in [2.75, 3.05) is 13.1 Å². The number of benzene rings is 1. The van der Waals surface area contributed by atoms with Crippen LogP contribution in [0.25, 0.3) is 0 Å². The van der Waals surface area contributed by atoms with E-state index in [-0.39, 0.29) is 37.0 Å². The van der Waals surface area contributed by atoms with Crippen molar-refractivity contribution in [2.24, 2.45) is 5.92 Å². The van der Waals surface area contributed by atoms with E-state index in [1.54, 1.807) is 4.90 Å². The zero-order valence-electron chi connectivity index (χ0n) is 16.9. The van der Waals surface area contributed by atoms with Gasteiger partial charge in [-0.1, -0.05) is 26.0 Å². The fourth-order valence-electron chi connectivity index (χ4n) is 2.68. The number of hydrogen-bond donors (Lipinski definition) is 1. The minimum absolute atomic E-state index is 0.0210. The average Bonchev–Trinajstić information content (AvgIpc) is 2.72. The van der Waals surface area contributed by atoms with Crippen LogP contribution in [0.3, 0.4) is 0 Å². The molecule has 0 aliphatic carbocycles. The minimum atomic E-state index is -4.43. The zero-order valence-corrected chi connectivity index (χ0v) is 16.9. The lowest BCUT2D eigenvalue weighted by molar-refractivity contribution is -0.137. The Bertz CT molecular complexity index is 842. The van der Waals surface area contributed by atoms with E-state index in [2.05, 4.69) is 15.3 Å². The van der Waals surface area contributed by atoms with Crippen molar-refractivity contribution in [2.45, 2.75) is 39.4 Å². The smallest absolute Gasteiger partial charge is 0.352 e. The molecule has 1 heterocycles. The highest BCUT2D eigenvalue weighted by Crippen LogP contribution is 2.29. The highest BCUT2D eigenvalue weighted by molar-refractivity contribution is 5.92. The molecule has 30 heavy (non-hydrogen) atoms. The number of alkyl halides is 3. The van der Waals surface area contributed by atoms with Gasteiger partial charge in [0.1, 0.15) is 5.69 Å². The molecule has 0 aliphatic heterocycles. The molecule has 0 fully saturated rings. The predicted molar refractivity (Wildman–Crippen MR) is 105 cm³/mol. The van der Waals surface area contributed by atoms with Crippen LogP contribution in [-0.4, -0.2) is 39.8 Å². The Hall–Kier alpha value is -2.97. The Morgan fingerprint density at radius 1 is 1.17 bits per heavy atom. The lowest BCUT2D eigenvalue weighted by Crippen LogP contribution is -2.36. The fraction of sp³-hybridized carbons (Fsp3) is 0.429. The van der Waals surface area contributed by atoms with Crippen LogP contribution >= 0.6 is 0 Å². The van der Waals surface area contributed by atoms with Gasteiger partial charge in [-0.05, 0) is 30.0 Å². The van der Waals surface area contributed by atoms with Crippen molar-refractivity contribution in [1.29, 1.82) is 0 Å². The molecule has 0 spiro atoms. The summed E-state index contributed by atoms with van der Waals surface area (Å²) in [4.78, 5) is 34.3. The zero-order chi connectivity index (χ0) is 22.1. The standard InChI is InChI=1S/C21H25F3N4O2/c1-15(2)6-10-28(20(30)18-14-25-8-9-26-18)11-7-19(29)27-13-16-4-3-5-17(12-16)21(22,23)24/h3-5,8-9,12,14-15H,6-7,10-11,13H2,1-2H3,(H,27,29). The molecule has 0 saturated heterocycles. The molecule has 6 nitrogen and oxygen atoms in total. The van der Waals surface area contributed by atoms with Gasteiger partial charge in [-0.2, -0.15) is 13.2 Å². The molecule has 9 heteroatoms. The molecule has 1 N–H and O–H groups in total. The summed E-state index contributed by atoms with van der Waals surface area (Å²) in [5, 5.41) is 2.60. The number of hydrogen-bond acceptors (Lipinski definition) is 4. The van der Waals surface area contributed by atoms with Crippen molar-refractivity contribution in [1.82, 2.24) is 20.2 Å². The first-order valence-corrected chi connectivity index (χ1v) is 9.65. The Morgan fingerprint density at radius 3 is 2.57 bits per heavy atom. The number of halogens is 3. The van der Waals surface area contributed by atoms with Crippen molar-refractivity contribution in [3.63, 3.8) is 0 Å². The van der Waals surface area contributed by atoms with Crippen LogP contribution < -0.4 is 5.32 Å². The van der Waals surface area contributed by atoms with Crippen LogP contribution in [0.2, 0.25) is 0 Å². The largest absolute Gasteiger partial charge is 0.416 e. The normalized spacial score (nSPS) is 11.4. The van der Waals surface area contributed by atoms with Crippen molar-refractivity contribution in [3.8, 4) is 0 Å². The molecule has 2 aromatic rings. The van der Waals surface area contributed by atoms with E-state index in [1.165, 1.54) is 30.7 Å². The van der Waals surface area contributed by atoms with E-state index in [0.717, 1.165) is 18.6 Å². The van der Waals surface area contributed by atoms with Gasteiger partial charge in [0.05, 0.1) is 11.8 Å². The number of aromatic nitrogens is 2. The SMILES string of the molecule is CC(C)CCN(CCC(=O)NCc1cccc(C(F)(F)F)c1)C(=O)c1cnccn1. The molecule has 162 valence electrons. The molecule has 1 aromatic heterocycles. The van der Waals surface area contributed by atoms with Gasteiger partial charge < -0.3 is 10.2 Å². The van der Waals surface area contributed by atoms with Crippen molar-refractivity contribution >= 4 is 11.8 Å². The third-order valence-corrected chi connectivity index (χ3v) is 4.40. The lowest BCUT2D eigenvalue weighted by atomic mass is 10.1. The van der Waals surface area contributed by atoms with Gasteiger partial charge >= 0.3 is 6.18 Å². The summed E-state index contributed by atoms with van der Waals surface area (Å²) in [7, 11) is 0. The summed E-state index contributed by atoms with van der Waals surface area (Å²) in [6.45, 7) is 4.69. The Morgan fingerprint density at radius 2 is 1.93 bits per heavy atom. The van der Waals surface area contributed by atoms with E-state index >= 15 is 0 Å². The van der Waals surface area contributed by atoms with Crippen molar-refractivity contribution in [3.05, 3.63) is 59.7 Å². The molecular weight excluding hydrogens is 397 g/mol. The number of nitrogens with zero attached hydrogens (tertiary/aromatic N) is 3. The Balaban J connectivity index is 1.92. The number of rotatable bonds is 9. The summed E-state index contributed by atoms with van der Waals surface area (Å²) in [5.74, 6) is -0.291. The quantitative estimate of drug-likeness (QED) is 0.669. The number of nitrogens with one attached hydrogen (secondary N) is 1. The van der Waals surface area contributed by atoms with Crippen LogP contribution in [0.15, 0.2) is 42.9 Å². The molecule has 0 saturated carbocycles. The van der Waals surface area contributed by atoms with Gasteiger partial charge in [0.25, 0.3) is 5.91 Å². The molecule has 0 bridgehead atoms. The fourth-order valence-corrected chi connectivity index (χ4v) is 2.68. The first kappa shape index (κ1) is 23.3. The first-order valence-electron chi connectivity index (χ1n) is 9.65. The molecule has 0 aliphatic rings. The summed E-state index contributed by atoms with van der Waals surface area (Å²) in [6.07, 6.45) is 0.628. The molecular formula is C21H25F3N4O2. The van der Waals surface area contributed by atoms with Crippen LogP contribution in [0.5, 0.6) is 0 Å². The third kappa shape index (κ3) is 7.46. The molecule has 0 radical (unpaired) electrons. The maximum absolute atomic E-state index is 12.8. The monoisotopic (exact) mass is 422 g/mol. The second-order valence-electron chi connectivity index (χ2n) is 7.29. The third-order valence-electron chi connectivity index (χ3n) is 4.40.